The fraction of sp³-hybridized carbons (Fsp3) is 0.278. The molecule has 1 aromatic carbocycles. The zero-order chi connectivity index (χ0) is 17.2. The quantitative estimate of drug-likeness (QED) is 0.923. The maximum absolute atomic E-state index is 12.4. The van der Waals surface area contributed by atoms with E-state index in [1.54, 1.807) is 41.4 Å². The molecule has 0 aliphatic carbocycles. The van der Waals surface area contributed by atoms with E-state index in [1.807, 2.05) is 6.07 Å². The molecular formula is C18H17N3O4. The molecule has 2 aliphatic heterocycles. The Morgan fingerprint density at radius 2 is 2.00 bits per heavy atom. The Labute approximate surface area is 144 Å². The first kappa shape index (κ1) is 15.4. The van der Waals surface area contributed by atoms with Crippen LogP contribution in [0.1, 0.15) is 6.42 Å². The Kier molecular flexibility index (Phi) is 3.97. The first-order chi connectivity index (χ1) is 12.2. The molecule has 2 aromatic rings. The lowest BCUT2D eigenvalue weighted by Gasteiger charge is -2.22. The molecule has 1 unspecified atom stereocenters. The van der Waals surface area contributed by atoms with Crippen molar-refractivity contribution in [3.05, 3.63) is 42.6 Å². The summed E-state index contributed by atoms with van der Waals surface area (Å²) in [4.78, 5) is 30.4. The summed E-state index contributed by atoms with van der Waals surface area (Å²) in [6.07, 6.45) is 1.78. The van der Waals surface area contributed by atoms with Crippen molar-refractivity contribution in [2.75, 3.05) is 30.0 Å². The number of amides is 2. The highest BCUT2D eigenvalue weighted by Gasteiger charge is 2.35. The van der Waals surface area contributed by atoms with Gasteiger partial charge in [0.1, 0.15) is 19.0 Å². The average Bonchev–Trinajstić information content (AvgIpc) is 3.04. The molecule has 1 aromatic heterocycles. The van der Waals surface area contributed by atoms with Gasteiger partial charge >= 0.3 is 0 Å². The number of aromatic nitrogens is 1. The number of carbonyl (C=O) groups excluding carboxylic acids is 2. The lowest BCUT2D eigenvalue weighted by molar-refractivity contribution is -0.122. The van der Waals surface area contributed by atoms with Crippen LogP contribution in [-0.4, -0.2) is 36.6 Å². The Morgan fingerprint density at radius 1 is 1.16 bits per heavy atom. The minimum Gasteiger partial charge on any atom is -0.486 e. The fourth-order valence-electron chi connectivity index (χ4n) is 3.00. The standard InChI is InChI=1S/C18H17N3O4/c22-17-9-12(18(23)20-16-3-1-2-6-19-16)11-21(17)13-4-5-14-15(10-13)25-8-7-24-14/h1-6,10,12H,7-9,11H2,(H,19,20,23). The van der Waals surface area contributed by atoms with Gasteiger partial charge < -0.3 is 19.7 Å². The summed E-state index contributed by atoms with van der Waals surface area (Å²) in [7, 11) is 0. The minimum absolute atomic E-state index is 0.0853. The van der Waals surface area contributed by atoms with Crippen molar-refractivity contribution in [2.45, 2.75) is 6.42 Å². The van der Waals surface area contributed by atoms with Gasteiger partial charge in [-0.25, -0.2) is 4.98 Å². The number of rotatable bonds is 3. The summed E-state index contributed by atoms with van der Waals surface area (Å²) >= 11 is 0. The van der Waals surface area contributed by atoms with Crippen LogP contribution in [0.4, 0.5) is 11.5 Å². The molecule has 3 heterocycles. The molecule has 4 rings (SSSR count). The van der Waals surface area contributed by atoms with E-state index in [0.29, 0.717) is 42.8 Å². The summed E-state index contributed by atoms with van der Waals surface area (Å²) in [5, 5.41) is 2.75. The van der Waals surface area contributed by atoms with Crippen molar-refractivity contribution in [3.63, 3.8) is 0 Å². The van der Waals surface area contributed by atoms with Crippen LogP contribution < -0.4 is 19.7 Å². The third kappa shape index (κ3) is 3.13. The van der Waals surface area contributed by atoms with Crippen LogP contribution in [0.15, 0.2) is 42.6 Å². The normalized spacial score (nSPS) is 19.0. The third-order valence-corrected chi connectivity index (χ3v) is 4.25. The zero-order valence-corrected chi connectivity index (χ0v) is 13.5. The van der Waals surface area contributed by atoms with E-state index < -0.39 is 5.92 Å². The SMILES string of the molecule is O=C(Nc1ccccn1)C1CC(=O)N(c2ccc3c(c2)OCCO3)C1. The Bertz CT molecular complexity index is 809. The van der Waals surface area contributed by atoms with Crippen LogP contribution in [0.25, 0.3) is 0 Å². The monoisotopic (exact) mass is 339 g/mol. The van der Waals surface area contributed by atoms with Crippen molar-refractivity contribution < 1.29 is 19.1 Å². The molecule has 7 heteroatoms. The van der Waals surface area contributed by atoms with Crippen LogP contribution in [0, 0.1) is 5.92 Å². The maximum atomic E-state index is 12.4. The molecule has 2 amide bonds. The predicted molar refractivity (Wildman–Crippen MR) is 90.8 cm³/mol. The van der Waals surface area contributed by atoms with Crippen LogP contribution in [-0.2, 0) is 9.59 Å². The number of fused-ring (bicyclic) bond motifs is 1. The number of pyridine rings is 1. The first-order valence-corrected chi connectivity index (χ1v) is 8.12. The second-order valence-electron chi connectivity index (χ2n) is 5.94. The highest BCUT2D eigenvalue weighted by Crippen LogP contribution is 2.36. The van der Waals surface area contributed by atoms with Gasteiger partial charge in [-0.05, 0) is 24.3 Å². The van der Waals surface area contributed by atoms with E-state index in [4.69, 9.17) is 9.47 Å². The van der Waals surface area contributed by atoms with E-state index in [-0.39, 0.29) is 18.2 Å². The number of ether oxygens (including phenoxy) is 2. The minimum atomic E-state index is -0.414. The van der Waals surface area contributed by atoms with Gasteiger partial charge in [0.2, 0.25) is 11.8 Å². The summed E-state index contributed by atoms with van der Waals surface area (Å²) in [5.74, 6) is 1.08. The molecule has 1 fully saturated rings. The number of nitrogens with zero attached hydrogens (tertiary/aromatic N) is 2. The summed E-state index contributed by atoms with van der Waals surface area (Å²) in [5.41, 5.74) is 0.711. The second kappa shape index (κ2) is 6.43. The van der Waals surface area contributed by atoms with E-state index in [2.05, 4.69) is 10.3 Å². The van der Waals surface area contributed by atoms with E-state index in [1.165, 1.54) is 0 Å². The van der Waals surface area contributed by atoms with Gasteiger partial charge in [-0.1, -0.05) is 6.07 Å². The predicted octanol–water partition coefficient (Wildman–Crippen LogP) is 1.84. The van der Waals surface area contributed by atoms with Crippen molar-refractivity contribution in [1.82, 2.24) is 4.98 Å². The van der Waals surface area contributed by atoms with Gasteiger partial charge in [0.05, 0.1) is 5.92 Å². The summed E-state index contributed by atoms with van der Waals surface area (Å²) in [6.45, 7) is 1.33. The smallest absolute Gasteiger partial charge is 0.230 e. The summed E-state index contributed by atoms with van der Waals surface area (Å²) in [6, 6.07) is 10.7. The van der Waals surface area contributed by atoms with Gasteiger partial charge in [0, 0.05) is 30.9 Å². The van der Waals surface area contributed by atoms with Crippen molar-refractivity contribution in [3.8, 4) is 11.5 Å². The molecule has 1 atom stereocenters. The number of nitrogens with one attached hydrogen (secondary N) is 1. The Hall–Kier alpha value is -3.09. The summed E-state index contributed by atoms with van der Waals surface area (Å²) < 4.78 is 11.1. The molecule has 25 heavy (non-hydrogen) atoms. The number of anilines is 2. The first-order valence-electron chi connectivity index (χ1n) is 8.12. The molecule has 2 aliphatic rings. The molecule has 0 saturated carbocycles. The molecule has 1 N–H and O–H groups in total. The van der Waals surface area contributed by atoms with Crippen LogP contribution in [0.5, 0.6) is 11.5 Å². The van der Waals surface area contributed by atoms with Gasteiger partial charge in [0.15, 0.2) is 11.5 Å². The molecule has 0 radical (unpaired) electrons. The van der Waals surface area contributed by atoms with E-state index >= 15 is 0 Å². The lowest BCUT2D eigenvalue weighted by atomic mass is 10.1. The lowest BCUT2D eigenvalue weighted by Crippen LogP contribution is -2.28. The Morgan fingerprint density at radius 3 is 2.80 bits per heavy atom. The molecular weight excluding hydrogens is 322 g/mol. The van der Waals surface area contributed by atoms with Gasteiger partial charge in [0.25, 0.3) is 0 Å². The molecule has 128 valence electrons. The maximum Gasteiger partial charge on any atom is 0.230 e. The van der Waals surface area contributed by atoms with Crippen LogP contribution in [0.3, 0.4) is 0 Å². The average molecular weight is 339 g/mol. The molecule has 7 nitrogen and oxygen atoms in total. The van der Waals surface area contributed by atoms with Crippen molar-refractivity contribution in [1.29, 1.82) is 0 Å². The molecule has 1 saturated heterocycles. The molecule has 0 spiro atoms. The van der Waals surface area contributed by atoms with E-state index in [0.717, 1.165) is 0 Å². The fourth-order valence-corrected chi connectivity index (χ4v) is 3.00. The van der Waals surface area contributed by atoms with Crippen molar-refractivity contribution in [2.24, 2.45) is 5.92 Å². The number of carbonyl (C=O) groups is 2. The highest BCUT2D eigenvalue weighted by molar-refractivity contribution is 6.03. The molecule has 0 bridgehead atoms. The second-order valence-corrected chi connectivity index (χ2v) is 5.94. The largest absolute Gasteiger partial charge is 0.486 e. The van der Waals surface area contributed by atoms with E-state index in [9.17, 15) is 9.59 Å². The third-order valence-electron chi connectivity index (χ3n) is 4.25. The highest BCUT2D eigenvalue weighted by atomic mass is 16.6. The number of hydrogen-bond acceptors (Lipinski definition) is 5. The number of hydrogen-bond donors (Lipinski definition) is 1. The van der Waals surface area contributed by atoms with Gasteiger partial charge in [-0.3, -0.25) is 9.59 Å². The topological polar surface area (TPSA) is 80.8 Å². The van der Waals surface area contributed by atoms with Gasteiger partial charge in [-0.15, -0.1) is 0 Å². The van der Waals surface area contributed by atoms with Crippen LogP contribution >= 0.6 is 0 Å². The zero-order valence-electron chi connectivity index (χ0n) is 13.5. The van der Waals surface area contributed by atoms with Gasteiger partial charge in [-0.2, -0.15) is 0 Å². The van der Waals surface area contributed by atoms with Crippen LogP contribution in [0.2, 0.25) is 0 Å². The van der Waals surface area contributed by atoms with Crippen molar-refractivity contribution >= 4 is 23.3 Å². The Balaban J connectivity index is 1.48. The number of benzene rings is 1.